The maximum Gasteiger partial charge on any atom is 0.416 e. The van der Waals surface area contributed by atoms with Crippen molar-refractivity contribution in [3.63, 3.8) is 0 Å². The molecule has 2 aromatic rings. The molecule has 0 aromatic heterocycles. The molecule has 2 aromatic carbocycles. The Labute approximate surface area is 175 Å². The molecule has 0 unspecified atom stereocenters. The van der Waals surface area contributed by atoms with Crippen LogP contribution in [0.3, 0.4) is 0 Å². The zero-order chi connectivity index (χ0) is 22.5. The molecule has 0 heterocycles. The van der Waals surface area contributed by atoms with Crippen LogP contribution >= 0.6 is 11.6 Å². The van der Waals surface area contributed by atoms with Crippen molar-refractivity contribution in [1.29, 1.82) is 0 Å². The number of carbonyl (C=O) groups is 2. The molecule has 0 spiro atoms. The van der Waals surface area contributed by atoms with Gasteiger partial charge in [0.05, 0.1) is 22.5 Å². The van der Waals surface area contributed by atoms with Crippen molar-refractivity contribution >= 4 is 39.1 Å². The Morgan fingerprint density at radius 1 is 0.933 bits per heavy atom. The molecule has 0 bridgehead atoms. The van der Waals surface area contributed by atoms with Crippen LogP contribution in [0.1, 0.15) is 26.3 Å². The minimum absolute atomic E-state index is 0.0215. The van der Waals surface area contributed by atoms with Gasteiger partial charge in [0.15, 0.2) is 0 Å². The van der Waals surface area contributed by atoms with E-state index >= 15 is 0 Å². The van der Waals surface area contributed by atoms with E-state index in [2.05, 4.69) is 15.4 Å². The van der Waals surface area contributed by atoms with E-state index in [1.165, 1.54) is 18.2 Å². The highest BCUT2D eigenvalue weighted by molar-refractivity contribution is 7.92. The summed E-state index contributed by atoms with van der Waals surface area (Å²) in [5, 5.41) is 5.10. The Morgan fingerprint density at radius 3 is 1.93 bits per heavy atom. The lowest BCUT2D eigenvalue weighted by Gasteiger charge is -2.10. The van der Waals surface area contributed by atoms with Gasteiger partial charge in [-0.2, -0.15) is 13.2 Å². The third-order valence-electron chi connectivity index (χ3n) is 3.69. The van der Waals surface area contributed by atoms with Crippen LogP contribution in [0, 0.1) is 0 Å². The van der Waals surface area contributed by atoms with Crippen LogP contribution in [0.5, 0.6) is 0 Å². The Morgan fingerprint density at radius 2 is 1.43 bits per heavy atom. The average Bonchev–Trinajstić information content (AvgIpc) is 2.65. The van der Waals surface area contributed by atoms with Crippen molar-refractivity contribution < 1.29 is 31.2 Å². The Bertz CT molecular complexity index is 1040. The van der Waals surface area contributed by atoms with Gasteiger partial charge >= 0.3 is 6.18 Å². The minimum atomic E-state index is -4.49. The molecule has 0 radical (unpaired) electrons. The molecule has 12 heteroatoms. The fourth-order valence-electron chi connectivity index (χ4n) is 2.31. The minimum Gasteiger partial charge on any atom is -0.350 e. The number of anilines is 1. The first-order valence-electron chi connectivity index (χ1n) is 8.38. The molecule has 2 amide bonds. The highest BCUT2D eigenvalue weighted by Crippen LogP contribution is 2.29. The number of halogens is 4. The SMILES string of the molecule is CS(=O)(=O)Nc1cc(C(=O)NCCNC(=O)c2ccc(C(F)(F)F)cc2)ccc1Cl. The zero-order valence-electron chi connectivity index (χ0n) is 15.5. The van der Waals surface area contributed by atoms with Gasteiger partial charge in [0.2, 0.25) is 10.0 Å². The second-order valence-electron chi connectivity index (χ2n) is 6.16. The van der Waals surface area contributed by atoms with Gasteiger partial charge < -0.3 is 10.6 Å². The fourth-order valence-corrected chi connectivity index (χ4v) is 3.10. The van der Waals surface area contributed by atoms with Crippen LogP contribution in [-0.4, -0.2) is 39.6 Å². The van der Waals surface area contributed by atoms with Crippen molar-refractivity contribution in [2.75, 3.05) is 24.1 Å². The van der Waals surface area contributed by atoms with E-state index < -0.39 is 33.6 Å². The molecule has 7 nitrogen and oxygen atoms in total. The van der Waals surface area contributed by atoms with E-state index in [0.29, 0.717) is 0 Å². The monoisotopic (exact) mass is 463 g/mol. The van der Waals surface area contributed by atoms with Gasteiger partial charge in [-0.1, -0.05) is 11.6 Å². The largest absolute Gasteiger partial charge is 0.416 e. The van der Waals surface area contributed by atoms with Crippen LogP contribution in [0.15, 0.2) is 42.5 Å². The Hall–Kier alpha value is -2.79. The van der Waals surface area contributed by atoms with Gasteiger partial charge in [0.1, 0.15) is 0 Å². The fraction of sp³-hybridized carbons (Fsp3) is 0.222. The molecule has 162 valence electrons. The van der Waals surface area contributed by atoms with Gasteiger partial charge in [-0.3, -0.25) is 14.3 Å². The van der Waals surface area contributed by atoms with Crippen LogP contribution in [0.25, 0.3) is 0 Å². The van der Waals surface area contributed by atoms with Gasteiger partial charge in [0.25, 0.3) is 11.8 Å². The van der Waals surface area contributed by atoms with Gasteiger partial charge in [-0.05, 0) is 42.5 Å². The molecule has 0 atom stereocenters. The number of rotatable bonds is 7. The average molecular weight is 464 g/mol. The number of sulfonamides is 1. The lowest BCUT2D eigenvalue weighted by atomic mass is 10.1. The van der Waals surface area contributed by atoms with Crippen LogP contribution in [-0.2, 0) is 16.2 Å². The number of hydrogen-bond acceptors (Lipinski definition) is 4. The standard InChI is InChI=1S/C18H17ClF3N3O4S/c1-30(28,29)25-15-10-12(4-7-14(15)19)17(27)24-9-8-23-16(26)11-2-5-13(6-3-11)18(20,21)22/h2-7,10,25H,8-9H2,1H3,(H,23,26)(H,24,27). The second kappa shape index (κ2) is 9.35. The maximum atomic E-state index is 12.5. The highest BCUT2D eigenvalue weighted by Gasteiger charge is 2.30. The lowest BCUT2D eigenvalue weighted by molar-refractivity contribution is -0.137. The van der Waals surface area contributed by atoms with E-state index in [9.17, 15) is 31.2 Å². The molecule has 0 saturated carbocycles. The maximum absolute atomic E-state index is 12.5. The van der Waals surface area contributed by atoms with Crippen molar-refractivity contribution in [2.45, 2.75) is 6.18 Å². The topological polar surface area (TPSA) is 104 Å². The highest BCUT2D eigenvalue weighted by atomic mass is 35.5. The Kier molecular flexibility index (Phi) is 7.32. The molecular formula is C18H17ClF3N3O4S. The van der Waals surface area contributed by atoms with Crippen LogP contribution in [0.4, 0.5) is 18.9 Å². The molecule has 0 aliphatic carbocycles. The normalized spacial score (nSPS) is 11.6. The number of hydrogen-bond donors (Lipinski definition) is 3. The van der Waals surface area contributed by atoms with Crippen LogP contribution < -0.4 is 15.4 Å². The Balaban J connectivity index is 1.87. The van der Waals surface area contributed by atoms with Gasteiger partial charge in [-0.15, -0.1) is 0 Å². The first kappa shape index (κ1) is 23.5. The molecule has 0 aliphatic heterocycles. The molecular weight excluding hydrogens is 447 g/mol. The number of alkyl halides is 3. The summed E-state index contributed by atoms with van der Waals surface area (Å²) in [5.74, 6) is -1.13. The van der Waals surface area contributed by atoms with Gasteiger partial charge in [0, 0.05) is 24.2 Å². The van der Waals surface area contributed by atoms with E-state index in [1.54, 1.807) is 0 Å². The lowest BCUT2D eigenvalue weighted by Crippen LogP contribution is -2.34. The summed E-state index contributed by atoms with van der Waals surface area (Å²) in [5.41, 5.74) is -0.635. The van der Waals surface area contributed by atoms with Gasteiger partial charge in [-0.25, -0.2) is 8.42 Å². The molecule has 3 N–H and O–H groups in total. The first-order chi connectivity index (χ1) is 13.9. The summed E-state index contributed by atoms with van der Waals surface area (Å²) in [4.78, 5) is 24.1. The number of nitrogens with one attached hydrogen (secondary N) is 3. The van der Waals surface area contributed by atoms with Crippen molar-refractivity contribution in [3.8, 4) is 0 Å². The predicted octanol–water partition coefficient (Wildman–Crippen LogP) is 2.89. The van der Waals surface area contributed by atoms with E-state index in [4.69, 9.17) is 11.6 Å². The van der Waals surface area contributed by atoms with Crippen molar-refractivity contribution in [2.24, 2.45) is 0 Å². The third-order valence-corrected chi connectivity index (χ3v) is 4.61. The predicted molar refractivity (Wildman–Crippen MR) is 106 cm³/mol. The van der Waals surface area contributed by atoms with Crippen LogP contribution in [0.2, 0.25) is 5.02 Å². The molecule has 30 heavy (non-hydrogen) atoms. The number of benzene rings is 2. The van der Waals surface area contributed by atoms with Crippen molar-refractivity contribution in [3.05, 3.63) is 64.2 Å². The molecule has 0 aliphatic rings. The zero-order valence-corrected chi connectivity index (χ0v) is 17.1. The second-order valence-corrected chi connectivity index (χ2v) is 8.31. The van der Waals surface area contributed by atoms with E-state index in [-0.39, 0.29) is 34.9 Å². The first-order valence-corrected chi connectivity index (χ1v) is 10.6. The van der Waals surface area contributed by atoms with E-state index in [0.717, 1.165) is 30.5 Å². The van der Waals surface area contributed by atoms with E-state index in [1.807, 2.05) is 0 Å². The summed E-state index contributed by atoms with van der Waals surface area (Å²) in [6.07, 6.45) is -3.55. The molecule has 2 rings (SSSR count). The quantitative estimate of drug-likeness (QED) is 0.549. The summed E-state index contributed by atoms with van der Waals surface area (Å²) in [6.45, 7) is 0.0519. The summed E-state index contributed by atoms with van der Waals surface area (Å²) in [7, 11) is -3.59. The summed E-state index contributed by atoms with van der Waals surface area (Å²) >= 11 is 5.89. The molecule has 0 saturated heterocycles. The summed E-state index contributed by atoms with van der Waals surface area (Å²) < 4.78 is 62.4. The molecule has 0 fully saturated rings. The number of carbonyl (C=O) groups excluding carboxylic acids is 2. The van der Waals surface area contributed by atoms with Crippen molar-refractivity contribution in [1.82, 2.24) is 10.6 Å². The summed E-state index contributed by atoms with van der Waals surface area (Å²) in [6, 6.07) is 7.74. The smallest absolute Gasteiger partial charge is 0.350 e. The number of amides is 2. The third kappa shape index (κ3) is 6.92.